The molecule has 1 aromatic carbocycles. The van der Waals surface area contributed by atoms with Crippen molar-refractivity contribution in [2.75, 3.05) is 39.4 Å². The average molecular weight is 341 g/mol. The van der Waals surface area contributed by atoms with E-state index in [1.807, 2.05) is 0 Å². The monoisotopic (exact) mass is 341 g/mol. The Morgan fingerprint density at radius 3 is 2.96 bits per heavy atom. The lowest BCUT2D eigenvalue weighted by Crippen LogP contribution is -2.40. The quantitative estimate of drug-likeness (QED) is 0.490. The Morgan fingerprint density at radius 2 is 2.20 bits per heavy atom. The van der Waals surface area contributed by atoms with Crippen molar-refractivity contribution in [1.82, 2.24) is 10.2 Å². The van der Waals surface area contributed by atoms with Crippen molar-refractivity contribution in [3.63, 3.8) is 0 Å². The maximum atomic E-state index is 5.37. The number of hydrogen-bond donors (Lipinski definition) is 1. The van der Waals surface area contributed by atoms with Gasteiger partial charge in [0.15, 0.2) is 5.96 Å². The summed E-state index contributed by atoms with van der Waals surface area (Å²) in [7, 11) is 0. The van der Waals surface area contributed by atoms with Crippen LogP contribution in [0.3, 0.4) is 0 Å². The summed E-state index contributed by atoms with van der Waals surface area (Å²) in [4.78, 5) is 7.32. The number of guanidine groups is 1. The van der Waals surface area contributed by atoms with Gasteiger partial charge in [-0.25, -0.2) is 0 Å². The van der Waals surface area contributed by atoms with Gasteiger partial charge in [-0.2, -0.15) is 0 Å². The first-order valence-electron chi connectivity index (χ1n) is 9.68. The fraction of sp³-hybridized carbons (Fsp3) is 0.571. The highest BCUT2D eigenvalue weighted by molar-refractivity contribution is 5.80. The first-order chi connectivity index (χ1) is 12.3. The van der Waals surface area contributed by atoms with Crippen LogP contribution < -0.4 is 5.32 Å². The third-order valence-electron chi connectivity index (χ3n) is 5.04. The Hall–Kier alpha value is -1.81. The third-order valence-corrected chi connectivity index (χ3v) is 5.04. The molecule has 2 aliphatic rings. The fourth-order valence-electron chi connectivity index (χ4n) is 3.66. The second-order valence-electron chi connectivity index (χ2n) is 6.96. The molecule has 1 saturated heterocycles. The highest BCUT2D eigenvalue weighted by atomic mass is 16.5. The lowest BCUT2D eigenvalue weighted by molar-refractivity contribution is 0.153. The molecule has 0 amide bonds. The number of nitrogens with zero attached hydrogens (tertiary/aromatic N) is 2. The molecule has 1 N–H and O–H groups in total. The second-order valence-corrected chi connectivity index (χ2v) is 6.96. The molecule has 2 aliphatic heterocycles. The zero-order chi connectivity index (χ0) is 17.3. The Balaban J connectivity index is 1.51. The lowest BCUT2D eigenvalue weighted by Gasteiger charge is -2.22. The Morgan fingerprint density at radius 1 is 1.32 bits per heavy atom. The van der Waals surface area contributed by atoms with Gasteiger partial charge in [0, 0.05) is 26.2 Å². The van der Waals surface area contributed by atoms with Crippen LogP contribution in [0.15, 0.2) is 47.0 Å². The van der Waals surface area contributed by atoms with Crippen LogP contribution in [0.1, 0.15) is 31.7 Å². The molecule has 136 valence electrons. The molecule has 0 spiro atoms. The van der Waals surface area contributed by atoms with Crippen molar-refractivity contribution in [3.8, 4) is 0 Å². The van der Waals surface area contributed by atoms with Gasteiger partial charge >= 0.3 is 0 Å². The minimum absolute atomic E-state index is 0.726. The van der Waals surface area contributed by atoms with Crippen LogP contribution in [0, 0.1) is 5.92 Å². The Kier molecular flexibility index (Phi) is 6.92. The van der Waals surface area contributed by atoms with E-state index in [1.54, 1.807) is 0 Å². The summed E-state index contributed by atoms with van der Waals surface area (Å²) in [5.41, 5.74) is 2.94. The van der Waals surface area contributed by atoms with Gasteiger partial charge in [0.25, 0.3) is 0 Å². The maximum Gasteiger partial charge on any atom is 0.193 e. The van der Waals surface area contributed by atoms with E-state index < -0.39 is 0 Å². The van der Waals surface area contributed by atoms with Crippen molar-refractivity contribution >= 4 is 5.96 Å². The van der Waals surface area contributed by atoms with Crippen LogP contribution in [0.4, 0.5) is 0 Å². The number of hydrogen-bond acceptors (Lipinski definition) is 2. The van der Waals surface area contributed by atoms with Crippen LogP contribution in [0.5, 0.6) is 0 Å². The molecule has 1 atom stereocenters. The van der Waals surface area contributed by atoms with Crippen molar-refractivity contribution < 1.29 is 4.74 Å². The van der Waals surface area contributed by atoms with Gasteiger partial charge in [0.1, 0.15) is 0 Å². The predicted molar refractivity (Wildman–Crippen MR) is 104 cm³/mol. The molecule has 2 heterocycles. The largest absolute Gasteiger partial charge is 0.377 e. The molecular formula is C21H31N3O. The van der Waals surface area contributed by atoms with Crippen molar-refractivity contribution in [1.29, 1.82) is 0 Å². The van der Waals surface area contributed by atoms with E-state index in [0.29, 0.717) is 0 Å². The van der Waals surface area contributed by atoms with Gasteiger partial charge < -0.3 is 15.0 Å². The summed E-state index contributed by atoms with van der Waals surface area (Å²) in [6, 6.07) is 10.8. The van der Waals surface area contributed by atoms with Crippen LogP contribution >= 0.6 is 0 Å². The van der Waals surface area contributed by atoms with Crippen LogP contribution in [0.25, 0.3) is 0 Å². The van der Waals surface area contributed by atoms with Gasteiger partial charge in [-0.3, -0.25) is 4.99 Å². The maximum absolute atomic E-state index is 5.37. The average Bonchev–Trinajstić information content (AvgIpc) is 3.11. The second kappa shape index (κ2) is 9.62. The molecule has 1 fully saturated rings. The molecule has 4 heteroatoms. The van der Waals surface area contributed by atoms with Gasteiger partial charge in [-0.15, -0.1) is 0 Å². The smallest absolute Gasteiger partial charge is 0.193 e. The molecule has 0 radical (unpaired) electrons. The van der Waals surface area contributed by atoms with Crippen molar-refractivity contribution in [3.05, 3.63) is 47.5 Å². The topological polar surface area (TPSA) is 36.9 Å². The van der Waals surface area contributed by atoms with E-state index in [9.17, 15) is 0 Å². The standard InChI is InChI=1S/C21H31N3O/c1-2-22-21(23-12-8-18-10-14-25-15-11-18)24-13-9-20(17-24)16-19-6-4-3-5-7-19/h3-7,10,20H,2,8-9,11-17H2,1H3,(H,22,23). The molecule has 4 nitrogen and oxygen atoms in total. The number of ether oxygens (including phenoxy) is 1. The highest BCUT2D eigenvalue weighted by Gasteiger charge is 2.24. The molecule has 0 aromatic heterocycles. The molecule has 3 rings (SSSR count). The molecule has 0 bridgehead atoms. The number of likely N-dealkylation sites (tertiary alicyclic amines) is 1. The molecule has 1 aromatic rings. The van der Waals surface area contributed by atoms with E-state index in [0.717, 1.165) is 64.1 Å². The first kappa shape index (κ1) is 18.0. The van der Waals surface area contributed by atoms with Gasteiger partial charge in [0.05, 0.1) is 13.2 Å². The first-order valence-corrected chi connectivity index (χ1v) is 9.68. The summed E-state index contributed by atoms with van der Waals surface area (Å²) in [6.45, 7) is 7.80. The van der Waals surface area contributed by atoms with Crippen molar-refractivity contribution in [2.24, 2.45) is 10.9 Å². The van der Waals surface area contributed by atoms with E-state index in [4.69, 9.17) is 9.73 Å². The van der Waals surface area contributed by atoms with Crippen LogP contribution in [0.2, 0.25) is 0 Å². The number of aliphatic imine (C=N–C) groups is 1. The van der Waals surface area contributed by atoms with E-state index in [-0.39, 0.29) is 0 Å². The molecule has 0 aliphatic carbocycles. The molecule has 25 heavy (non-hydrogen) atoms. The Bertz CT molecular complexity index is 582. The zero-order valence-electron chi connectivity index (χ0n) is 15.4. The van der Waals surface area contributed by atoms with E-state index in [1.165, 1.54) is 24.0 Å². The molecular weight excluding hydrogens is 310 g/mol. The predicted octanol–water partition coefficient (Wildman–Crippen LogP) is 3.25. The number of rotatable bonds is 6. The summed E-state index contributed by atoms with van der Waals surface area (Å²) < 4.78 is 5.37. The summed E-state index contributed by atoms with van der Waals surface area (Å²) in [5, 5.41) is 3.48. The van der Waals surface area contributed by atoms with Crippen molar-refractivity contribution in [2.45, 2.75) is 32.6 Å². The fourth-order valence-corrected chi connectivity index (χ4v) is 3.66. The molecule has 0 saturated carbocycles. The van der Waals surface area contributed by atoms with E-state index >= 15 is 0 Å². The van der Waals surface area contributed by atoms with Crippen LogP contribution in [-0.4, -0.2) is 50.3 Å². The number of benzene rings is 1. The van der Waals surface area contributed by atoms with Gasteiger partial charge in [0.2, 0.25) is 0 Å². The highest BCUT2D eigenvalue weighted by Crippen LogP contribution is 2.21. The summed E-state index contributed by atoms with van der Waals surface area (Å²) in [5.74, 6) is 1.81. The number of nitrogens with one attached hydrogen (secondary N) is 1. The molecule has 1 unspecified atom stereocenters. The lowest BCUT2D eigenvalue weighted by atomic mass is 9.99. The van der Waals surface area contributed by atoms with Gasteiger partial charge in [-0.05, 0) is 44.1 Å². The van der Waals surface area contributed by atoms with Crippen LogP contribution in [-0.2, 0) is 11.2 Å². The minimum Gasteiger partial charge on any atom is -0.377 e. The third kappa shape index (κ3) is 5.60. The minimum atomic E-state index is 0.726. The Labute approximate surface area is 152 Å². The van der Waals surface area contributed by atoms with E-state index in [2.05, 4.69) is 53.5 Å². The summed E-state index contributed by atoms with van der Waals surface area (Å²) in [6.07, 6.45) is 6.76. The van der Waals surface area contributed by atoms with Gasteiger partial charge in [-0.1, -0.05) is 42.0 Å². The normalized spacial score (nSPS) is 21.3. The summed E-state index contributed by atoms with van der Waals surface area (Å²) >= 11 is 0. The zero-order valence-corrected chi connectivity index (χ0v) is 15.4. The SMILES string of the molecule is CCNC(=NCCC1=CCOCC1)N1CCC(Cc2ccccc2)C1.